The van der Waals surface area contributed by atoms with Crippen LogP contribution in [-0.4, -0.2) is 145 Å². The normalized spacial score (nSPS) is 17.3. The Bertz CT molecular complexity index is 3300. The lowest BCUT2D eigenvalue weighted by Crippen LogP contribution is -2.53. The molecule has 4 N–H and O–H groups in total. The van der Waals surface area contributed by atoms with Crippen molar-refractivity contribution in [2.75, 3.05) is 91.4 Å². The minimum atomic E-state index is -3.70. The average molecular weight is 1120 g/mol. The number of rotatable bonds is 15. The fraction of sp³-hybridized carbons (Fsp3) is 0.407. The number of amides is 4. The van der Waals surface area contributed by atoms with Crippen LogP contribution >= 0.6 is 15.9 Å². The number of hydrogen-bond donors (Lipinski definition) is 4. The maximum Gasteiger partial charge on any atom is 0.300 e. The number of halogens is 1. The quantitative estimate of drug-likeness (QED) is 0.0536. The van der Waals surface area contributed by atoms with Crippen molar-refractivity contribution in [1.82, 2.24) is 40.0 Å². The van der Waals surface area contributed by atoms with E-state index < -0.39 is 27.9 Å². The van der Waals surface area contributed by atoms with Gasteiger partial charge in [0, 0.05) is 114 Å². The molecule has 0 spiro atoms. The van der Waals surface area contributed by atoms with Gasteiger partial charge in [-0.1, -0.05) is 30.8 Å². The van der Waals surface area contributed by atoms with Crippen molar-refractivity contribution >= 4 is 101 Å². The number of methoxy groups -OCH3 is 1. The van der Waals surface area contributed by atoms with Gasteiger partial charge in [-0.15, -0.1) is 0 Å². The zero-order chi connectivity index (χ0) is 53.5. The summed E-state index contributed by atoms with van der Waals surface area (Å²) in [6.07, 6.45) is 11.2. The highest BCUT2D eigenvalue weighted by molar-refractivity contribution is 9.10. The van der Waals surface area contributed by atoms with E-state index in [0.717, 1.165) is 105 Å². The molecule has 1 unspecified atom stereocenters. The van der Waals surface area contributed by atoms with Crippen molar-refractivity contribution in [3.05, 3.63) is 82.2 Å². The van der Waals surface area contributed by atoms with Gasteiger partial charge in [-0.3, -0.25) is 43.7 Å². The van der Waals surface area contributed by atoms with Gasteiger partial charge in [0.15, 0.2) is 0 Å². The second-order valence-electron chi connectivity index (χ2n) is 19.1. The molecule has 1 atom stereocenters. The third-order valence-electron chi connectivity index (χ3n) is 14.1. The molecule has 3 fully saturated rings. The summed E-state index contributed by atoms with van der Waals surface area (Å²) in [7, 11) is -0.664. The fourth-order valence-electron chi connectivity index (χ4n) is 10.1. The van der Waals surface area contributed by atoms with Gasteiger partial charge in [0.25, 0.3) is 11.8 Å². The molecule has 3 saturated heterocycles. The SMILES string of the molecule is CCCC#CC(=O)Nc1cc(Nc2ncc(Br)c(Nc3ccc4nccnc4c3N(C)S(C)(=O)=O)n2)c(OC)cc1N1CCC(N2CCN(CCCC#Cc3cccc4c3CN(C3CCC(=O)NC3=O)C4=O)CC2)CC1. The van der Waals surface area contributed by atoms with Crippen molar-refractivity contribution < 1.29 is 32.3 Å². The second-order valence-corrected chi connectivity index (χ2v) is 21.9. The second kappa shape index (κ2) is 23.7. The molecule has 0 aliphatic carbocycles. The van der Waals surface area contributed by atoms with Gasteiger partial charge >= 0.3 is 0 Å². The Labute approximate surface area is 450 Å². The van der Waals surface area contributed by atoms with Crippen LogP contribution in [0.3, 0.4) is 0 Å². The molecular weight excluding hydrogens is 1050 g/mol. The fourth-order valence-corrected chi connectivity index (χ4v) is 10.9. The van der Waals surface area contributed by atoms with E-state index in [1.807, 2.05) is 25.1 Å². The van der Waals surface area contributed by atoms with Crippen molar-refractivity contribution in [2.45, 2.75) is 76.9 Å². The summed E-state index contributed by atoms with van der Waals surface area (Å²) in [5.74, 6) is 12.0. The molecule has 0 radical (unpaired) electrons. The van der Waals surface area contributed by atoms with Crippen LogP contribution in [0.25, 0.3) is 11.0 Å². The monoisotopic (exact) mass is 1110 g/mol. The van der Waals surface area contributed by atoms with Crippen molar-refractivity contribution in [1.29, 1.82) is 0 Å². The number of aromatic nitrogens is 4. The van der Waals surface area contributed by atoms with E-state index in [9.17, 15) is 27.6 Å². The highest BCUT2D eigenvalue weighted by atomic mass is 79.9. The van der Waals surface area contributed by atoms with E-state index in [1.54, 1.807) is 48.7 Å². The average Bonchev–Trinajstić information content (AvgIpc) is 3.76. The zero-order valence-electron chi connectivity index (χ0n) is 42.9. The Balaban J connectivity index is 0.820. The van der Waals surface area contributed by atoms with Crippen molar-refractivity contribution in [3.63, 3.8) is 0 Å². The van der Waals surface area contributed by atoms with Gasteiger partial charge in [0.1, 0.15) is 28.8 Å². The van der Waals surface area contributed by atoms with Gasteiger partial charge in [0.05, 0.1) is 46.1 Å². The molecular formula is C54H60BrN13O7S. The third-order valence-corrected chi connectivity index (χ3v) is 15.9. The lowest BCUT2D eigenvalue weighted by atomic mass is 10.0. The molecule has 6 heterocycles. The smallest absolute Gasteiger partial charge is 0.300 e. The Kier molecular flexibility index (Phi) is 16.6. The molecule has 4 aliphatic heterocycles. The molecule has 76 heavy (non-hydrogen) atoms. The predicted octanol–water partition coefficient (Wildman–Crippen LogP) is 6.00. The van der Waals surface area contributed by atoms with Crippen LogP contribution in [0.1, 0.15) is 79.8 Å². The largest absolute Gasteiger partial charge is 0.494 e. The number of nitrogens with one attached hydrogen (secondary N) is 4. The molecule has 5 aromatic rings. The minimum absolute atomic E-state index is 0.193. The van der Waals surface area contributed by atoms with Gasteiger partial charge in [0.2, 0.25) is 27.8 Å². The standard InChI is InChI=1S/C54H60BrN13O7S/c1-5-6-8-15-47(69)59-42-31-43(61-54-58-33-39(55)51(63-54)60-41-17-16-40-49(57-23-22-56-40)50(41)64(2)76(4,73)74)46(75-3)32-45(42)67-25-20-36(21-26-67)66-29-27-65(28-30-66)24-10-7-9-12-35-13-11-14-37-38(35)34-68(53(37)72)44-18-19-48(70)62-52(44)71/h11,13-14,16-17,22-23,31-33,36,44H,5-7,10,18-21,24-30,34H2,1-4H3,(H,59,69)(H,62,70,71)(H2,58,60,61,63). The number of fused-ring (bicyclic) bond motifs is 2. The molecule has 22 heteroatoms. The van der Waals surface area contributed by atoms with Gasteiger partial charge in [-0.05, 0) is 96.4 Å². The number of anilines is 7. The van der Waals surface area contributed by atoms with Crippen molar-refractivity contribution in [3.8, 4) is 29.4 Å². The molecule has 2 aromatic heterocycles. The number of unbranched alkanes of at least 4 members (excludes halogenated alkanes) is 2. The summed E-state index contributed by atoms with van der Waals surface area (Å²) in [4.78, 5) is 77.8. The number of piperidine rings is 2. The maximum absolute atomic E-state index is 13.3. The first kappa shape index (κ1) is 53.5. The molecule has 9 rings (SSSR count). The third kappa shape index (κ3) is 12.2. The van der Waals surface area contributed by atoms with Crippen molar-refractivity contribution in [2.24, 2.45) is 0 Å². The van der Waals surface area contributed by atoms with E-state index in [2.05, 4.69) is 90.5 Å². The number of carbonyl (C=O) groups excluding carboxylic acids is 4. The summed E-state index contributed by atoms with van der Waals surface area (Å²) in [6.45, 7) is 8.67. The van der Waals surface area contributed by atoms with Gasteiger partial charge in [-0.2, -0.15) is 4.98 Å². The molecule has 0 bridgehead atoms. The van der Waals surface area contributed by atoms with E-state index in [0.29, 0.717) is 80.8 Å². The van der Waals surface area contributed by atoms with Crippen LogP contribution in [0.2, 0.25) is 0 Å². The Morgan fingerprint density at radius 3 is 2.47 bits per heavy atom. The number of sulfonamides is 1. The summed E-state index contributed by atoms with van der Waals surface area (Å²) in [5, 5.41) is 11.9. The lowest BCUT2D eigenvalue weighted by molar-refractivity contribution is -0.137. The molecule has 396 valence electrons. The first-order chi connectivity index (χ1) is 36.7. The van der Waals surface area contributed by atoms with Crippen LogP contribution in [-0.2, 0) is 31.0 Å². The summed E-state index contributed by atoms with van der Waals surface area (Å²) < 4.78 is 33.2. The molecule has 0 saturated carbocycles. The highest BCUT2D eigenvalue weighted by Crippen LogP contribution is 2.41. The Morgan fingerprint density at radius 1 is 0.934 bits per heavy atom. The number of carbonyl (C=O) groups is 4. The van der Waals surface area contributed by atoms with Crippen LogP contribution in [0.5, 0.6) is 5.75 Å². The topological polar surface area (TPSA) is 228 Å². The minimum Gasteiger partial charge on any atom is -0.494 e. The number of benzene rings is 3. The van der Waals surface area contributed by atoms with Crippen LogP contribution in [0, 0.1) is 23.7 Å². The summed E-state index contributed by atoms with van der Waals surface area (Å²) >= 11 is 3.55. The van der Waals surface area contributed by atoms with Crippen LogP contribution in [0.15, 0.2) is 65.5 Å². The number of nitrogens with zero attached hydrogens (tertiary/aromatic N) is 9. The Hall–Kier alpha value is -7.37. The maximum atomic E-state index is 13.3. The van der Waals surface area contributed by atoms with E-state index in [1.165, 1.54) is 13.2 Å². The number of ether oxygens (including phenoxy) is 1. The van der Waals surface area contributed by atoms with Gasteiger partial charge < -0.3 is 35.4 Å². The predicted molar refractivity (Wildman–Crippen MR) is 295 cm³/mol. The first-order valence-electron chi connectivity index (χ1n) is 25.4. The zero-order valence-corrected chi connectivity index (χ0v) is 45.3. The number of imide groups is 1. The summed E-state index contributed by atoms with van der Waals surface area (Å²) in [6, 6.07) is 12.5. The molecule has 4 amide bonds. The number of hydrogen-bond acceptors (Lipinski definition) is 16. The van der Waals surface area contributed by atoms with Gasteiger partial charge in [-0.25, -0.2) is 13.4 Å². The lowest BCUT2D eigenvalue weighted by Gasteiger charge is -2.43. The highest BCUT2D eigenvalue weighted by Gasteiger charge is 2.40. The van der Waals surface area contributed by atoms with E-state index in [4.69, 9.17) is 9.72 Å². The van der Waals surface area contributed by atoms with E-state index in [-0.39, 0.29) is 24.2 Å². The number of piperazine rings is 1. The van der Waals surface area contributed by atoms with Crippen LogP contribution < -0.4 is 35.2 Å². The molecule has 4 aliphatic rings. The molecule has 20 nitrogen and oxygen atoms in total. The Morgan fingerprint density at radius 2 is 1.72 bits per heavy atom. The van der Waals surface area contributed by atoms with E-state index >= 15 is 0 Å². The van der Waals surface area contributed by atoms with Crippen LogP contribution in [0.4, 0.5) is 40.2 Å². The first-order valence-corrected chi connectivity index (χ1v) is 28.1. The summed E-state index contributed by atoms with van der Waals surface area (Å²) in [5.41, 5.74) is 5.67. The molecule has 3 aromatic carbocycles.